The Bertz CT molecular complexity index is 101. The van der Waals surface area contributed by atoms with Gasteiger partial charge < -0.3 is 4.74 Å². The molecule has 0 saturated heterocycles. The van der Waals surface area contributed by atoms with Crippen LogP contribution in [0.1, 0.15) is 13.3 Å². The first kappa shape index (κ1) is 13.1. The van der Waals surface area contributed by atoms with Gasteiger partial charge in [-0.1, -0.05) is 6.92 Å². The van der Waals surface area contributed by atoms with Crippen molar-refractivity contribution in [3.05, 3.63) is 0 Å². The van der Waals surface area contributed by atoms with Gasteiger partial charge in [0, 0.05) is 17.1 Å². The third-order valence-electron chi connectivity index (χ3n) is 0.593. The average Bonchev–Trinajstić information content (AvgIpc) is 1.82. The molecule has 0 atom stereocenters. The van der Waals surface area contributed by atoms with Crippen molar-refractivity contribution < 1.29 is 26.6 Å². The van der Waals surface area contributed by atoms with E-state index < -0.39 is 6.09 Å². The molecule has 0 fully saturated rings. The maximum Gasteiger partial charge on any atom is 0.429 e. The first-order valence-corrected chi connectivity index (χ1v) is 3.33. The van der Waals surface area contributed by atoms with Gasteiger partial charge >= 0.3 is 6.09 Å². The van der Waals surface area contributed by atoms with E-state index in [-0.39, 0.29) is 17.1 Å². The molecule has 0 aliphatic heterocycles. The van der Waals surface area contributed by atoms with Crippen molar-refractivity contribution in [1.29, 1.82) is 0 Å². The van der Waals surface area contributed by atoms with Crippen LogP contribution in [0.25, 0.3) is 0 Å². The maximum absolute atomic E-state index is 10.5. The number of rotatable bonds is 2. The molecule has 0 unspecified atom stereocenters. The van der Waals surface area contributed by atoms with Crippen molar-refractivity contribution >= 4 is 31.7 Å². The third-order valence-corrected chi connectivity index (χ3v) is 0.920. The Labute approximate surface area is 82.0 Å². The Kier molecular flexibility index (Phi) is 9.95. The Morgan fingerprint density at radius 2 is 2.10 bits per heavy atom. The molecule has 0 N–H and O–H groups in total. The second-order valence-corrected chi connectivity index (χ2v) is 2.52. The summed E-state index contributed by atoms with van der Waals surface area (Å²) in [5.41, 5.74) is 0. The molecule has 0 aromatic carbocycles. The van der Waals surface area contributed by atoms with E-state index in [1.165, 1.54) is 0 Å². The number of carbonyl (C=O) groups excluding carboxylic acids is 1. The second kappa shape index (κ2) is 7.59. The second-order valence-electron chi connectivity index (χ2n) is 1.40. The Morgan fingerprint density at radius 3 is 2.40 bits per heavy atom. The minimum atomic E-state index is -0.538. The van der Waals surface area contributed by atoms with Crippen LogP contribution in [0.3, 0.4) is 0 Å². The van der Waals surface area contributed by atoms with Gasteiger partial charge in [0.15, 0.2) is 0 Å². The predicted molar refractivity (Wildman–Crippen MR) is 41.5 cm³/mol. The van der Waals surface area contributed by atoms with Gasteiger partial charge in [0.05, 0.1) is 6.61 Å². The molecule has 0 bridgehead atoms. The fourth-order valence-corrected chi connectivity index (χ4v) is 0.363. The normalized spacial score (nSPS) is 7.90. The summed E-state index contributed by atoms with van der Waals surface area (Å²) in [6.07, 6.45) is 0.268. The van der Waals surface area contributed by atoms with Crippen molar-refractivity contribution in [3.63, 3.8) is 0 Å². The van der Waals surface area contributed by atoms with E-state index >= 15 is 0 Å². The molecule has 0 spiro atoms. The summed E-state index contributed by atoms with van der Waals surface area (Å²) in [5, 5.41) is 0. The SMILES string of the molecule is CCCOC(=O)N(S)S.[Fe]. The number of amides is 1. The molecule has 0 saturated carbocycles. The molecule has 62 valence electrons. The third kappa shape index (κ3) is 6.61. The summed E-state index contributed by atoms with van der Waals surface area (Å²) < 4.78 is 5.39. The van der Waals surface area contributed by atoms with Crippen LogP contribution in [0.2, 0.25) is 0 Å². The molecule has 0 rings (SSSR count). The summed E-state index contributed by atoms with van der Waals surface area (Å²) in [4.78, 5) is 10.5. The van der Waals surface area contributed by atoms with Crippen molar-refractivity contribution in [2.24, 2.45) is 0 Å². The molecular weight excluding hydrogens is 214 g/mol. The van der Waals surface area contributed by atoms with Crippen LogP contribution in [-0.4, -0.2) is 16.4 Å². The molecule has 0 heterocycles. The minimum absolute atomic E-state index is 0. The van der Waals surface area contributed by atoms with Crippen LogP contribution < -0.4 is 0 Å². The number of thiol groups is 2. The molecule has 6 heteroatoms. The molecular formula is C4H9FeNO2S2. The summed E-state index contributed by atoms with van der Waals surface area (Å²) in [6, 6.07) is 0. The van der Waals surface area contributed by atoms with Crippen LogP contribution in [-0.2, 0) is 21.8 Å². The Morgan fingerprint density at radius 1 is 1.60 bits per heavy atom. The van der Waals surface area contributed by atoms with E-state index in [0.717, 1.165) is 10.1 Å². The van der Waals surface area contributed by atoms with Gasteiger partial charge in [-0.25, -0.2) is 4.79 Å². The molecule has 1 amide bonds. The van der Waals surface area contributed by atoms with E-state index in [0.29, 0.717) is 6.61 Å². The van der Waals surface area contributed by atoms with E-state index in [1.54, 1.807) is 0 Å². The van der Waals surface area contributed by atoms with E-state index in [2.05, 4.69) is 30.4 Å². The molecule has 0 aromatic heterocycles. The zero-order valence-corrected chi connectivity index (χ0v) is 8.32. The molecule has 0 aliphatic carbocycles. The molecule has 3 nitrogen and oxygen atoms in total. The largest absolute Gasteiger partial charge is 0.448 e. The first-order valence-electron chi connectivity index (χ1n) is 2.53. The summed E-state index contributed by atoms with van der Waals surface area (Å²) >= 11 is 7.18. The Hall–Kier alpha value is 0.489. The standard InChI is InChI=1S/C4H9NO2S2.Fe/c1-2-3-7-4(6)5(8)9;/h8-9H,2-3H2,1H3;. The molecule has 0 aliphatic rings. The Balaban J connectivity index is 0. The number of nitrogens with zero attached hydrogens (tertiary/aromatic N) is 1. The number of carbonyl (C=O) groups is 1. The predicted octanol–water partition coefficient (Wildman–Crippen LogP) is 1.52. The van der Waals surface area contributed by atoms with Gasteiger partial charge in [0.25, 0.3) is 0 Å². The van der Waals surface area contributed by atoms with Crippen LogP contribution in [0, 0.1) is 0 Å². The summed E-state index contributed by atoms with van der Waals surface area (Å²) in [5.74, 6) is 0. The van der Waals surface area contributed by atoms with Crippen molar-refractivity contribution in [2.45, 2.75) is 13.3 Å². The van der Waals surface area contributed by atoms with Crippen molar-refractivity contribution in [3.8, 4) is 0 Å². The average molecular weight is 223 g/mol. The molecule has 0 radical (unpaired) electrons. The number of ether oxygens (including phenoxy) is 1. The van der Waals surface area contributed by atoms with Crippen molar-refractivity contribution in [1.82, 2.24) is 3.71 Å². The van der Waals surface area contributed by atoms with Gasteiger partial charge in [-0.15, -0.1) is 0 Å². The van der Waals surface area contributed by atoms with E-state index in [1.807, 2.05) is 6.92 Å². The van der Waals surface area contributed by atoms with Crippen LogP contribution in [0.5, 0.6) is 0 Å². The fraction of sp³-hybridized carbons (Fsp3) is 0.750. The number of hydrogen-bond donors (Lipinski definition) is 2. The zero-order chi connectivity index (χ0) is 7.28. The van der Waals surface area contributed by atoms with Crippen LogP contribution in [0.4, 0.5) is 4.79 Å². The first-order chi connectivity index (χ1) is 4.18. The zero-order valence-electron chi connectivity index (χ0n) is 5.43. The maximum atomic E-state index is 10.5. The van der Waals surface area contributed by atoms with Crippen LogP contribution in [0.15, 0.2) is 0 Å². The number of hydrogen-bond acceptors (Lipinski definition) is 4. The van der Waals surface area contributed by atoms with Gasteiger partial charge in [-0.05, 0) is 32.1 Å². The van der Waals surface area contributed by atoms with Gasteiger partial charge in [0.1, 0.15) is 0 Å². The monoisotopic (exact) mass is 223 g/mol. The van der Waals surface area contributed by atoms with E-state index in [4.69, 9.17) is 0 Å². The minimum Gasteiger partial charge on any atom is -0.448 e. The molecule has 10 heavy (non-hydrogen) atoms. The van der Waals surface area contributed by atoms with Gasteiger partial charge in [-0.3, -0.25) is 0 Å². The van der Waals surface area contributed by atoms with Crippen molar-refractivity contribution in [2.75, 3.05) is 6.61 Å². The topological polar surface area (TPSA) is 29.5 Å². The quantitative estimate of drug-likeness (QED) is 0.549. The smallest absolute Gasteiger partial charge is 0.429 e. The molecule has 0 aromatic rings. The van der Waals surface area contributed by atoms with Crippen LogP contribution >= 0.6 is 25.6 Å². The van der Waals surface area contributed by atoms with E-state index in [9.17, 15) is 4.79 Å². The van der Waals surface area contributed by atoms with Gasteiger partial charge in [-0.2, -0.15) is 3.71 Å². The summed E-state index contributed by atoms with van der Waals surface area (Å²) in [7, 11) is 0. The fourth-order valence-electron chi connectivity index (χ4n) is 0.247. The summed E-state index contributed by atoms with van der Waals surface area (Å²) in [6.45, 7) is 2.32. The van der Waals surface area contributed by atoms with Gasteiger partial charge in [0.2, 0.25) is 0 Å².